The summed E-state index contributed by atoms with van der Waals surface area (Å²) in [5, 5.41) is 10.1. The lowest BCUT2D eigenvalue weighted by Gasteiger charge is -2.46. The molecule has 262 valence electrons. The van der Waals surface area contributed by atoms with E-state index < -0.39 is 30.5 Å². The molecular weight excluding hydrogens is 662 g/mol. The van der Waals surface area contributed by atoms with Gasteiger partial charge in [0, 0.05) is 10.6 Å². The number of benzene rings is 5. The van der Waals surface area contributed by atoms with Gasteiger partial charge in [-0.25, -0.2) is 0 Å². The second-order valence-electron chi connectivity index (χ2n) is 12.4. The molecule has 51 heavy (non-hydrogen) atoms. The van der Waals surface area contributed by atoms with Gasteiger partial charge in [-0.05, 0) is 39.9 Å². The molecule has 0 aromatic heterocycles. The zero-order chi connectivity index (χ0) is 35.3. The Hall–Kier alpha value is -4.52. The molecule has 5 atom stereocenters. The smallest absolute Gasteiger partial charge is 0.126 e. The van der Waals surface area contributed by atoms with Crippen LogP contribution in [0.1, 0.15) is 39.5 Å². The van der Waals surface area contributed by atoms with Gasteiger partial charge >= 0.3 is 0 Å². The minimum atomic E-state index is -0.693. The third-order valence-electron chi connectivity index (χ3n) is 8.86. The van der Waals surface area contributed by atoms with Crippen molar-refractivity contribution in [1.29, 1.82) is 5.26 Å². The molecule has 0 bridgehead atoms. The van der Waals surface area contributed by atoms with E-state index in [9.17, 15) is 5.26 Å². The summed E-state index contributed by atoms with van der Waals surface area (Å²) in [4.78, 5) is 0. The fraction of sp³-hybridized carbons (Fsp3) is 0.279. The molecular formula is C43H42ClNO6. The van der Waals surface area contributed by atoms with Gasteiger partial charge in [-0.2, -0.15) is 5.26 Å². The fourth-order valence-electron chi connectivity index (χ4n) is 6.28. The summed E-state index contributed by atoms with van der Waals surface area (Å²) in [6.07, 6.45) is -3.00. The highest BCUT2D eigenvalue weighted by Crippen LogP contribution is 2.43. The van der Waals surface area contributed by atoms with Crippen molar-refractivity contribution in [3.8, 4) is 11.8 Å². The number of rotatable bonds is 16. The van der Waals surface area contributed by atoms with Gasteiger partial charge in [0.2, 0.25) is 0 Å². The van der Waals surface area contributed by atoms with Gasteiger partial charge in [-0.15, -0.1) is 0 Å². The van der Waals surface area contributed by atoms with Crippen molar-refractivity contribution in [2.75, 3.05) is 13.7 Å². The van der Waals surface area contributed by atoms with Crippen LogP contribution in [0.4, 0.5) is 0 Å². The Morgan fingerprint density at radius 2 is 1.10 bits per heavy atom. The lowest BCUT2D eigenvalue weighted by molar-refractivity contribution is -0.275. The monoisotopic (exact) mass is 703 g/mol. The van der Waals surface area contributed by atoms with E-state index in [-0.39, 0.29) is 13.0 Å². The number of hydrogen-bond donors (Lipinski definition) is 0. The van der Waals surface area contributed by atoms with Gasteiger partial charge < -0.3 is 28.4 Å². The standard InChI is InChI=1S/C43H42ClNO6/c1-46-38-25-37(44)35(22-23-45)24-36(38)40-42(49-28-33-18-10-4-11-19-33)43(50-29-34-20-12-5-13-21-34)41(48-27-32-16-8-3-9-17-32)39(51-40)30-47-26-31-14-6-2-7-15-31/h2-21,24-25,39-43H,22,26-30H2,1H3/t39-,40+,41-,42+,43+/m1/s1. The summed E-state index contributed by atoms with van der Waals surface area (Å²) in [6.45, 7) is 1.59. The molecule has 0 saturated carbocycles. The van der Waals surface area contributed by atoms with Gasteiger partial charge in [0.25, 0.3) is 0 Å². The van der Waals surface area contributed by atoms with Crippen LogP contribution in [0.3, 0.4) is 0 Å². The van der Waals surface area contributed by atoms with Crippen LogP contribution in [-0.2, 0) is 56.5 Å². The minimum absolute atomic E-state index is 0.123. The number of nitrogens with zero attached hydrogens (tertiary/aromatic N) is 1. The predicted molar refractivity (Wildman–Crippen MR) is 196 cm³/mol. The van der Waals surface area contributed by atoms with E-state index >= 15 is 0 Å². The largest absolute Gasteiger partial charge is 0.496 e. The first-order valence-corrected chi connectivity index (χ1v) is 17.5. The lowest BCUT2D eigenvalue weighted by atomic mass is 9.89. The first-order chi connectivity index (χ1) is 25.1. The molecule has 6 rings (SSSR count). The van der Waals surface area contributed by atoms with Gasteiger partial charge in [-0.3, -0.25) is 0 Å². The van der Waals surface area contributed by atoms with Crippen LogP contribution in [0.5, 0.6) is 5.75 Å². The van der Waals surface area contributed by atoms with Crippen LogP contribution < -0.4 is 4.74 Å². The third kappa shape index (κ3) is 9.84. The first kappa shape index (κ1) is 36.3. The minimum Gasteiger partial charge on any atom is -0.496 e. The molecule has 0 spiro atoms. The topological polar surface area (TPSA) is 79.2 Å². The van der Waals surface area contributed by atoms with Crippen molar-refractivity contribution >= 4 is 11.6 Å². The molecule has 0 unspecified atom stereocenters. The molecule has 1 saturated heterocycles. The zero-order valence-corrected chi connectivity index (χ0v) is 29.4. The van der Waals surface area contributed by atoms with Crippen molar-refractivity contribution in [1.82, 2.24) is 0 Å². The molecule has 1 aliphatic heterocycles. The summed E-state index contributed by atoms with van der Waals surface area (Å²) in [7, 11) is 1.59. The van der Waals surface area contributed by atoms with Crippen molar-refractivity contribution in [2.24, 2.45) is 0 Å². The maximum atomic E-state index is 9.63. The van der Waals surface area contributed by atoms with Gasteiger partial charge in [0.15, 0.2) is 0 Å². The Bertz CT molecular complexity index is 1820. The molecule has 7 nitrogen and oxygen atoms in total. The Labute approximate surface area is 305 Å². The highest BCUT2D eigenvalue weighted by atomic mass is 35.5. The van der Waals surface area contributed by atoms with Gasteiger partial charge in [0.05, 0.1) is 52.6 Å². The molecule has 8 heteroatoms. The summed E-state index contributed by atoms with van der Waals surface area (Å²) in [6, 6.07) is 45.9. The lowest BCUT2D eigenvalue weighted by Crippen LogP contribution is -2.58. The predicted octanol–water partition coefficient (Wildman–Crippen LogP) is 8.83. The average Bonchev–Trinajstić information content (AvgIpc) is 3.18. The fourth-order valence-corrected chi connectivity index (χ4v) is 6.50. The molecule has 5 aromatic carbocycles. The molecule has 5 aromatic rings. The number of halogens is 1. The van der Waals surface area contributed by atoms with E-state index in [1.807, 2.05) is 127 Å². The molecule has 1 aliphatic rings. The van der Waals surface area contributed by atoms with Crippen molar-refractivity contribution in [3.05, 3.63) is 172 Å². The molecule has 0 amide bonds. The summed E-state index contributed by atoms with van der Waals surface area (Å²) >= 11 is 6.63. The van der Waals surface area contributed by atoms with Crippen LogP contribution >= 0.6 is 11.6 Å². The SMILES string of the molecule is COc1cc(Cl)c(CC#N)cc1[C@@H]1O[C@H](COCc2ccccc2)[C@@H](OCc2ccccc2)[C@H](OCc2ccccc2)[C@H]1OCc1ccccc1. The highest BCUT2D eigenvalue weighted by Gasteiger charge is 2.49. The number of methoxy groups -OCH3 is 1. The van der Waals surface area contributed by atoms with E-state index in [1.165, 1.54) is 0 Å². The average molecular weight is 704 g/mol. The van der Waals surface area contributed by atoms with Crippen molar-refractivity contribution < 1.29 is 28.4 Å². The summed E-state index contributed by atoms with van der Waals surface area (Å²) in [5.41, 5.74) is 5.46. The molecule has 1 heterocycles. The van der Waals surface area contributed by atoms with Crippen LogP contribution in [0.15, 0.2) is 133 Å². The maximum absolute atomic E-state index is 9.63. The normalized spacial score (nSPS) is 20.1. The molecule has 0 N–H and O–H groups in total. The second-order valence-corrected chi connectivity index (χ2v) is 12.8. The highest BCUT2D eigenvalue weighted by molar-refractivity contribution is 6.31. The van der Waals surface area contributed by atoms with Crippen molar-refractivity contribution in [3.63, 3.8) is 0 Å². The molecule has 1 fully saturated rings. The Balaban J connectivity index is 1.41. The maximum Gasteiger partial charge on any atom is 0.126 e. The quantitative estimate of drug-likeness (QED) is 0.102. The first-order valence-electron chi connectivity index (χ1n) is 17.1. The number of hydrogen-bond acceptors (Lipinski definition) is 7. The molecule has 0 radical (unpaired) electrons. The van der Waals surface area contributed by atoms with Crippen molar-refractivity contribution in [2.45, 2.75) is 63.4 Å². The summed E-state index contributed by atoms with van der Waals surface area (Å²) < 4.78 is 39.8. The Morgan fingerprint density at radius 3 is 1.59 bits per heavy atom. The third-order valence-corrected chi connectivity index (χ3v) is 9.21. The van der Waals surface area contributed by atoms with E-state index in [2.05, 4.69) is 6.07 Å². The van der Waals surface area contributed by atoms with Crippen LogP contribution in [0, 0.1) is 11.3 Å². The second kappa shape index (κ2) is 18.6. The van der Waals surface area contributed by atoms with E-state index in [0.717, 1.165) is 22.3 Å². The van der Waals surface area contributed by atoms with Crippen LogP contribution in [0.2, 0.25) is 5.02 Å². The van der Waals surface area contributed by atoms with Crippen LogP contribution in [0.25, 0.3) is 0 Å². The van der Waals surface area contributed by atoms with Gasteiger partial charge in [0.1, 0.15) is 36.3 Å². The molecule has 0 aliphatic carbocycles. The van der Waals surface area contributed by atoms with E-state index in [0.29, 0.717) is 48.3 Å². The van der Waals surface area contributed by atoms with Crippen LogP contribution in [-0.4, -0.2) is 38.1 Å². The Kier molecular flexibility index (Phi) is 13.3. The zero-order valence-electron chi connectivity index (χ0n) is 28.6. The number of nitriles is 1. The Morgan fingerprint density at radius 1 is 0.627 bits per heavy atom. The van der Waals surface area contributed by atoms with Gasteiger partial charge in [-0.1, -0.05) is 133 Å². The summed E-state index contributed by atoms with van der Waals surface area (Å²) in [5.74, 6) is 0.523. The van der Waals surface area contributed by atoms with E-state index in [1.54, 1.807) is 13.2 Å². The van der Waals surface area contributed by atoms with E-state index in [4.69, 9.17) is 40.0 Å². The number of ether oxygens (including phenoxy) is 6.